The zero-order valence-electron chi connectivity index (χ0n) is 18.3. The average Bonchev–Trinajstić information content (AvgIpc) is 3.43. The van der Waals surface area contributed by atoms with Crippen molar-refractivity contribution in [3.8, 4) is 0 Å². The van der Waals surface area contributed by atoms with Gasteiger partial charge in [-0.3, -0.25) is 9.59 Å². The quantitative estimate of drug-likeness (QED) is 0.712. The summed E-state index contributed by atoms with van der Waals surface area (Å²) in [6, 6.07) is 0. The number of amides is 2. The maximum Gasteiger partial charge on any atom is 0.453 e. The summed E-state index contributed by atoms with van der Waals surface area (Å²) in [6.45, 7) is 6.14. The maximum atomic E-state index is 12.9. The zero-order valence-corrected chi connectivity index (χ0v) is 18.3. The molecule has 11 heteroatoms. The fraction of sp³-hybridized carbons (Fsp3) is 0.667. The van der Waals surface area contributed by atoms with Crippen LogP contribution in [0.3, 0.4) is 0 Å². The van der Waals surface area contributed by atoms with Gasteiger partial charge in [0.05, 0.1) is 0 Å². The summed E-state index contributed by atoms with van der Waals surface area (Å²) < 4.78 is 39.9. The molecule has 174 valence electrons. The van der Waals surface area contributed by atoms with E-state index in [1.807, 2.05) is 4.90 Å². The number of rotatable bonds is 4. The number of hydrogen-bond donors (Lipinski definition) is 0. The number of alkyl halides is 3. The van der Waals surface area contributed by atoms with Crippen molar-refractivity contribution in [2.75, 3.05) is 26.2 Å². The van der Waals surface area contributed by atoms with Gasteiger partial charge in [-0.05, 0) is 51.5 Å². The molecule has 2 aliphatic heterocycles. The van der Waals surface area contributed by atoms with Crippen molar-refractivity contribution in [2.45, 2.75) is 58.5 Å². The highest BCUT2D eigenvalue weighted by Crippen LogP contribution is 2.27. The molecule has 0 spiro atoms. The van der Waals surface area contributed by atoms with Crippen molar-refractivity contribution in [2.24, 2.45) is 5.92 Å². The van der Waals surface area contributed by atoms with Gasteiger partial charge in [-0.1, -0.05) is 0 Å². The first-order valence-corrected chi connectivity index (χ1v) is 11.0. The third-order valence-corrected chi connectivity index (χ3v) is 6.51. The second-order valence-corrected chi connectivity index (χ2v) is 8.59. The van der Waals surface area contributed by atoms with Gasteiger partial charge in [0.1, 0.15) is 0 Å². The fourth-order valence-electron chi connectivity index (χ4n) is 4.65. The lowest BCUT2D eigenvalue weighted by molar-refractivity contribution is -0.144. The Morgan fingerprint density at radius 1 is 1.00 bits per heavy atom. The van der Waals surface area contributed by atoms with Gasteiger partial charge in [-0.25, -0.2) is 9.50 Å². The number of fused-ring (bicyclic) bond motifs is 1. The molecule has 8 nitrogen and oxygen atoms in total. The SMILES string of the molecule is Cc1nc2nc(C(F)(F)F)nn2c(C)c1CCC(=O)N1CCC(C(=O)N2CCCC2)CC1. The minimum atomic E-state index is -4.65. The summed E-state index contributed by atoms with van der Waals surface area (Å²) >= 11 is 0. The Balaban J connectivity index is 1.37. The van der Waals surface area contributed by atoms with Crippen LogP contribution in [0.2, 0.25) is 0 Å². The number of carbonyl (C=O) groups is 2. The molecule has 2 fully saturated rings. The Kier molecular flexibility index (Phi) is 6.09. The second-order valence-electron chi connectivity index (χ2n) is 8.59. The highest BCUT2D eigenvalue weighted by atomic mass is 19.4. The van der Waals surface area contributed by atoms with Crippen LogP contribution in [-0.4, -0.2) is 67.4 Å². The third kappa shape index (κ3) is 4.42. The fourth-order valence-corrected chi connectivity index (χ4v) is 4.65. The van der Waals surface area contributed by atoms with E-state index in [0.29, 0.717) is 49.3 Å². The van der Waals surface area contributed by atoms with Gasteiger partial charge in [0, 0.05) is 49.9 Å². The molecule has 4 heterocycles. The molecule has 32 heavy (non-hydrogen) atoms. The predicted octanol–water partition coefficient (Wildman–Crippen LogP) is 2.55. The molecule has 0 saturated carbocycles. The number of aryl methyl sites for hydroxylation is 2. The standard InChI is InChI=1S/C21H27F3N6O2/c1-13-16(14(2)30-20(25-13)26-19(27-30)21(22,23)24)5-6-17(31)28-11-7-15(8-12-28)18(32)29-9-3-4-10-29/h15H,3-12H2,1-2H3. The summed E-state index contributed by atoms with van der Waals surface area (Å²) in [6.07, 6.45) is -0.596. The Morgan fingerprint density at radius 2 is 1.66 bits per heavy atom. The van der Waals surface area contributed by atoms with Gasteiger partial charge in [0.15, 0.2) is 0 Å². The summed E-state index contributed by atoms with van der Waals surface area (Å²) in [5.41, 5.74) is 1.74. The van der Waals surface area contributed by atoms with Crippen LogP contribution >= 0.6 is 0 Å². The van der Waals surface area contributed by atoms with Gasteiger partial charge in [0.2, 0.25) is 11.8 Å². The Hall–Kier alpha value is -2.72. The van der Waals surface area contributed by atoms with Crippen LogP contribution in [0.15, 0.2) is 0 Å². The number of likely N-dealkylation sites (tertiary alicyclic amines) is 2. The lowest BCUT2D eigenvalue weighted by Crippen LogP contribution is -2.43. The van der Waals surface area contributed by atoms with Gasteiger partial charge in [-0.15, -0.1) is 5.10 Å². The summed E-state index contributed by atoms with van der Waals surface area (Å²) in [7, 11) is 0. The van der Waals surface area contributed by atoms with Gasteiger partial charge < -0.3 is 9.80 Å². The molecule has 0 aliphatic carbocycles. The van der Waals surface area contributed by atoms with Crippen LogP contribution in [-0.2, 0) is 22.2 Å². The molecular formula is C21H27F3N6O2. The number of nitrogens with zero attached hydrogens (tertiary/aromatic N) is 6. The van der Waals surface area contributed by atoms with Crippen LogP contribution in [0.1, 0.15) is 54.9 Å². The molecular weight excluding hydrogens is 425 g/mol. The monoisotopic (exact) mass is 452 g/mol. The molecule has 2 amide bonds. The highest BCUT2D eigenvalue weighted by molar-refractivity contribution is 5.80. The molecule has 2 aromatic heterocycles. The molecule has 0 atom stereocenters. The van der Waals surface area contributed by atoms with Crippen LogP contribution < -0.4 is 0 Å². The molecule has 2 aliphatic rings. The van der Waals surface area contributed by atoms with Crippen LogP contribution in [0.5, 0.6) is 0 Å². The minimum Gasteiger partial charge on any atom is -0.343 e. The van der Waals surface area contributed by atoms with Crippen LogP contribution in [0.4, 0.5) is 13.2 Å². The molecule has 2 aromatic rings. The number of halogens is 3. The Labute approximate surface area is 183 Å². The summed E-state index contributed by atoms with van der Waals surface area (Å²) in [5.74, 6) is -1.15. The van der Waals surface area contributed by atoms with E-state index in [1.165, 1.54) is 0 Å². The van der Waals surface area contributed by atoms with Crippen LogP contribution in [0.25, 0.3) is 5.78 Å². The first-order valence-electron chi connectivity index (χ1n) is 11.0. The molecule has 0 radical (unpaired) electrons. The van der Waals surface area contributed by atoms with Crippen molar-refractivity contribution in [3.05, 3.63) is 22.8 Å². The van der Waals surface area contributed by atoms with E-state index in [1.54, 1.807) is 18.7 Å². The minimum absolute atomic E-state index is 0.0108. The second kappa shape index (κ2) is 8.67. The van der Waals surface area contributed by atoms with Gasteiger partial charge in [-0.2, -0.15) is 18.2 Å². The number of hydrogen-bond acceptors (Lipinski definition) is 5. The Morgan fingerprint density at radius 3 is 2.28 bits per heavy atom. The van der Waals surface area contributed by atoms with E-state index in [0.717, 1.165) is 30.4 Å². The van der Waals surface area contributed by atoms with Crippen molar-refractivity contribution in [1.29, 1.82) is 0 Å². The molecule has 4 rings (SSSR count). The van der Waals surface area contributed by atoms with Gasteiger partial charge in [0.25, 0.3) is 11.6 Å². The number of carbonyl (C=O) groups excluding carboxylic acids is 2. The molecule has 0 unspecified atom stereocenters. The molecule has 0 bridgehead atoms. The van der Waals surface area contributed by atoms with E-state index in [-0.39, 0.29) is 29.9 Å². The zero-order chi connectivity index (χ0) is 23.0. The van der Waals surface area contributed by atoms with Gasteiger partial charge >= 0.3 is 6.18 Å². The highest BCUT2D eigenvalue weighted by Gasteiger charge is 2.37. The molecule has 2 saturated heterocycles. The van der Waals surface area contributed by atoms with Crippen LogP contribution in [0, 0.1) is 19.8 Å². The van der Waals surface area contributed by atoms with Crippen molar-refractivity contribution < 1.29 is 22.8 Å². The number of piperidine rings is 1. The average molecular weight is 452 g/mol. The normalized spacial score (nSPS) is 18.0. The molecule has 0 aromatic carbocycles. The smallest absolute Gasteiger partial charge is 0.343 e. The largest absolute Gasteiger partial charge is 0.453 e. The number of aromatic nitrogens is 4. The van der Waals surface area contributed by atoms with Crippen molar-refractivity contribution >= 4 is 17.6 Å². The summed E-state index contributed by atoms with van der Waals surface area (Å²) in [5, 5.41) is 3.55. The Bertz CT molecular complexity index is 1020. The maximum absolute atomic E-state index is 12.9. The first kappa shape index (κ1) is 22.5. The van der Waals surface area contributed by atoms with Crippen molar-refractivity contribution in [1.82, 2.24) is 29.4 Å². The lowest BCUT2D eigenvalue weighted by atomic mass is 9.95. The van der Waals surface area contributed by atoms with E-state index in [2.05, 4.69) is 15.1 Å². The topological polar surface area (TPSA) is 83.7 Å². The third-order valence-electron chi connectivity index (χ3n) is 6.51. The first-order chi connectivity index (χ1) is 15.1. The van der Waals surface area contributed by atoms with Crippen molar-refractivity contribution in [3.63, 3.8) is 0 Å². The predicted molar refractivity (Wildman–Crippen MR) is 109 cm³/mol. The van der Waals surface area contributed by atoms with E-state index in [4.69, 9.17) is 0 Å². The summed E-state index contributed by atoms with van der Waals surface area (Å²) in [4.78, 5) is 36.7. The lowest BCUT2D eigenvalue weighted by Gasteiger charge is -2.33. The van der Waals surface area contributed by atoms with E-state index < -0.39 is 12.0 Å². The van der Waals surface area contributed by atoms with E-state index >= 15 is 0 Å². The molecule has 0 N–H and O–H groups in total. The van der Waals surface area contributed by atoms with E-state index in [9.17, 15) is 22.8 Å².